The Morgan fingerprint density at radius 3 is 2.81 bits per heavy atom. The summed E-state index contributed by atoms with van der Waals surface area (Å²) in [6.07, 6.45) is 0. The van der Waals surface area contributed by atoms with Crippen molar-refractivity contribution < 1.29 is 9.84 Å². The van der Waals surface area contributed by atoms with E-state index in [-0.39, 0.29) is 5.75 Å². The van der Waals surface area contributed by atoms with Crippen LogP contribution in [0.25, 0.3) is 11.1 Å². The number of halogens is 1. The van der Waals surface area contributed by atoms with E-state index in [0.29, 0.717) is 6.61 Å². The van der Waals surface area contributed by atoms with Gasteiger partial charge in [0.2, 0.25) is 0 Å². The zero-order chi connectivity index (χ0) is 11.1. The molecule has 0 unspecified atom stereocenters. The van der Waals surface area contributed by atoms with Crippen LogP contribution < -0.4 is 4.74 Å². The Balaban J connectivity index is 2.25. The number of benzene rings is 2. The largest absolute Gasteiger partial charge is 0.508 e. The topological polar surface area (TPSA) is 29.5 Å². The van der Waals surface area contributed by atoms with E-state index in [9.17, 15) is 5.11 Å². The lowest BCUT2D eigenvalue weighted by atomic mass is 9.97. The maximum atomic E-state index is 9.40. The fraction of sp³-hybridized carbons (Fsp3) is 0.0769. The standard InChI is InChI=1S/C13H9BrO2/c14-9-2-1-8-7-16-13-6-10(15)3-4-11(13)12(8)5-9/h1-6,15H,7H2. The average molecular weight is 277 g/mol. The van der Waals surface area contributed by atoms with Gasteiger partial charge in [0.25, 0.3) is 0 Å². The molecule has 0 saturated carbocycles. The number of hydrogen-bond donors (Lipinski definition) is 1. The molecule has 0 radical (unpaired) electrons. The van der Waals surface area contributed by atoms with Crippen LogP contribution in [0.3, 0.4) is 0 Å². The van der Waals surface area contributed by atoms with Crippen molar-refractivity contribution in [2.24, 2.45) is 0 Å². The Hall–Kier alpha value is -1.48. The predicted octanol–water partition coefficient (Wildman–Crippen LogP) is 3.71. The normalized spacial score (nSPS) is 12.6. The summed E-state index contributed by atoms with van der Waals surface area (Å²) in [5.41, 5.74) is 3.36. The smallest absolute Gasteiger partial charge is 0.131 e. The summed E-state index contributed by atoms with van der Waals surface area (Å²) in [5, 5.41) is 9.40. The minimum Gasteiger partial charge on any atom is -0.508 e. The molecule has 2 aromatic carbocycles. The van der Waals surface area contributed by atoms with E-state index in [4.69, 9.17) is 4.74 Å². The number of phenolic OH excluding ortho intramolecular Hbond substituents is 1. The molecule has 80 valence electrons. The van der Waals surface area contributed by atoms with Gasteiger partial charge in [-0.1, -0.05) is 22.0 Å². The molecule has 0 bridgehead atoms. The molecule has 0 spiro atoms. The van der Waals surface area contributed by atoms with Crippen molar-refractivity contribution in [3.05, 3.63) is 46.4 Å². The second kappa shape index (κ2) is 3.52. The molecule has 0 saturated heterocycles. The summed E-state index contributed by atoms with van der Waals surface area (Å²) in [6.45, 7) is 0.555. The first-order valence-corrected chi connectivity index (χ1v) is 5.78. The van der Waals surface area contributed by atoms with Gasteiger partial charge in [0, 0.05) is 16.1 Å². The number of phenols is 1. The Morgan fingerprint density at radius 2 is 1.94 bits per heavy atom. The third kappa shape index (κ3) is 1.48. The van der Waals surface area contributed by atoms with Gasteiger partial charge in [-0.15, -0.1) is 0 Å². The molecule has 1 aliphatic heterocycles. The zero-order valence-electron chi connectivity index (χ0n) is 8.40. The monoisotopic (exact) mass is 276 g/mol. The van der Waals surface area contributed by atoms with E-state index in [1.54, 1.807) is 12.1 Å². The van der Waals surface area contributed by atoms with Crippen molar-refractivity contribution in [3.63, 3.8) is 0 Å². The average Bonchev–Trinajstić information content (AvgIpc) is 2.28. The predicted molar refractivity (Wildman–Crippen MR) is 65.6 cm³/mol. The minimum absolute atomic E-state index is 0.234. The van der Waals surface area contributed by atoms with E-state index in [0.717, 1.165) is 21.3 Å². The molecular formula is C13H9BrO2. The highest BCUT2D eigenvalue weighted by Crippen LogP contribution is 2.40. The quantitative estimate of drug-likeness (QED) is 0.795. The van der Waals surface area contributed by atoms with Crippen LogP contribution in [0.1, 0.15) is 5.56 Å². The lowest BCUT2D eigenvalue weighted by Crippen LogP contribution is -2.04. The van der Waals surface area contributed by atoms with Crippen LogP contribution in [-0.4, -0.2) is 5.11 Å². The van der Waals surface area contributed by atoms with Crippen LogP contribution in [0.2, 0.25) is 0 Å². The highest BCUT2D eigenvalue weighted by molar-refractivity contribution is 9.10. The lowest BCUT2D eigenvalue weighted by Gasteiger charge is -2.21. The second-order valence-electron chi connectivity index (χ2n) is 3.77. The van der Waals surface area contributed by atoms with Crippen molar-refractivity contribution >= 4 is 15.9 Å². The van der Waals surface area contributed by atoms with Gasteiger partial charge in [-0.3, -0.25) is 0 Å². The van der Waals surface area contributed by atoms with Gasteiger partial charge >= 0.3 is 0 Å². The van der Waals surface area contributed by atoms with Crippen LogP contribution in [0.5, 0.6) is 11.5 Å². The van der Waals surface area contributed by atoms with E-state index in [1.807, 2.05) is 12.1 Å². The third-order valence-corrected chi connectivity index (χ3v) is 3.20. The Kier molecular flexibility index (Phi) is 2.14. The minimum atomic E-state index is 0.234. The summed E-state index contributed by atoms with van der Waals surface area (Å²) < 4.78 is 6.64. The molecular weight excluding hydrogens is 268 g/mol. The van der Waals surface area contributed by atoms with Crippen molar-refractivity contribution in [2.45, 2.75) is 6.61 Å². The summed E-state index contributed by atoms with van der Waals surface area (Å²) in [5.74, 6) is 0.975. The van der Waals surface area contributed by atoms with E-state index in [1.165, 1.54) is 5.56 Å². The van der Waals surface area contributed by atoms with Gasteiger partial charge in [0.1, 0.15) is 18.1 Å². The molecule has 1 heterocycles. The SMILES string of the molecule is Oc1ccc2c(c1)OCc1ccc(Br)cc1-2. The van der Waals surface area contributed by atoms with Crippen LogP contribution >= 0.6 is 15.9 Å². The number of ether oxygens (including phenoxy) is 1. The van der Waals surface area contributed by atoms with Gasteiger partial charge in [-0.05, 0) is 35.4 Å². The molecule has 1 N–H and O–H groups in total. The number of rotatable bonds is 0. The molecule has 0 atom stereocenters. The molecule has 3 heteroatoms. The van der Waals surface area contributed by atoms with Crippen LogP contribution in [0.15, 0.2) is 40.9 Å². The summed E-state index contributed by atoms with van der Waals surface area (Å²) in [6, 6.07) is 11.4. The zero-order valence-corrected chi connectivity index (χ0v) is 9.99. The summed E-state index contributed by atoms with van der Waals surface area (Å²) >= 11 is 3.47. The third-order valence-electron chi connectivity index (χ3n) is 2.71. The highest BCUT2D eigenvalue weighted by Gasteiger charge is 2.17. The van der Waals surface area contributed by atoms with Gasteiger partial charge in [-0.2, -0.15) is 0 Å². The van der Waals surface area contributed by atoms with Gasteiger partial charge in [0.05, 0.1) is 0 Å². The van der Waals surface area contributed by atoms with Crippen LogP contribution in [0.4, 0.5) is 0 Å². The van der Waals surface area contributed by atoms with Crippen molar-refractivity contribution in [3.8, 4) is 22.6 Å². The van der Waals surface area contributed by atoms with Crippen LogP contribution in [0, 0.1) is 0 Å². The molecule has 0 aliphatic carbocycles. The lowest BCUT2D eigenvalue weighted by molar-refractivity contribution is 0.300. The maximum absolute atomic E-state index is 9.40. The first kappa shape index (κ1) is 9.73. The highest BCUT2D eigenvalue weighted by atomic mass is 79.9. The first-order valence-electron chi connectivity index (χ1n) is 4.99. The van der Waals surface area contributed by atoms with Gasteiger partial charge in [0.15, 0.2) is 0 Å². The van der Waals surface area contributed by atoms with Gasteiger partial charge < -0.3 is 9.84 Å². The van der Waals surface area contributed by atoms with E-state index in [2.05, 4.69) is 28.1 Å². The van der Waals surface area contributed by atoms with Crippen molar-refractivity contribution in [1.29, 1.82) is 0 Å². The second-order valence-corrected chi connectivity index (χ2v) is 4.69. The Morgan fingerprint density at radius 1 is 1.06 bits per heavy atom. The first-order chi connectivity index (χ1) is 7.74. The molecule has 2 nitrogen and oxygen atoms in total. The number of fused-ring (bicyclic) bond motifs is 3. The summed E-state index contributed by atoms with van der Waals surface area (Å²) in [4.78, 5) is 0. The van der Waals surface area contributed by atoms with E-state index < -0.39 is 0 Å². The van der Waals surface area contributed by atoms with Crippen LogP contribution in [-0.2, 0) is 6.61 Å². The Labute approximate surface area is 102 Å². The Bertz CT molecular complexity index is 564. The van der Waals surface area contributed by atoms with Crippen molar-refractivity contribution in [1.82, 2.24) is 0 Å². The number of aromatic hydroxyl groups is 1. The fourth-order valence-electron chi connectivity index (χ4n) is 1.93. The van der Waals surface area contributed by atoms with E-state index >= 15 is 0 Å². The molecule has 2 aromatic rings. The molecule has 16 heavy (non-hydrogen) atoms. The molecule has 0 amide bonds. The fourth-order valence-corrected chi connectivity index (χ4v) is 2.29. The summed E-state index contributed by atoms with van der Waals surface area (Å²) in [7, 11) is 0. The number of hydrogen-bond acceptors (Lipinski definition) is 2. The van der Waals surface area contributed by atoms with Crippen molar-refractivity contribution in [2.75, 3.05) is 0 Å². The maximum Gasteiger partial charge on any atom is 0.131 e. The molecule has 1 aliphatic rings. The molecule has 0 aromatic heterocycles. The van der Waals surface area contributed by atoms with Gasteiger partial charge in [-0.25, -0.2) is 0 Å². The molecule has 3 rings (SSSR count). The molecule has 0 fully saturated rings.